The van der Waals surface area contributed by atoms with Gasteiger partial charge in [-0.3, -0.25) is 4.79 Å². The Morgan fingerprint density at radius 2 is 1.89 bits per heavy atom. The lowest BCUT2D eigenvalue weighted by atomic mass is 10.1. The second kappa shape index (κ2) is 12.8. The third kappa shape index (κ3) is 7.99. The first-order chi connectivity index (χ1) is 12.9. The minimum Gasteiger partial charge on any atom is -1.00 e. The Bertz CT molecular complexity index is 773. The Morgan fingerprint density at radius 1 is 1.21 bits per heavy atom. The maximum absolute atomic E-state index is 12.4. The van der Waals surface area contributed by atoms with E-state index in [1.807, 2.05) is 44.4 Å². The van der Waals surface area contributed by atoms with Crippen molar-refractivity contribution in [1.82, 2.24) is 0 Å². The number of halogens is 3. The number of Topliss-reactive ketones (excluding diaryl/α,β-unsaturated/α-hetero) is 1. The summed E-state index contributed by atoms with van der Waals surface area (Å²) in [5.41, 5.74) is 0.667. The average molecular weight is 556 g/mol. The maximum atomic E-state index is 12.4. The van der Waals surface area contributed by atoms with Crippen molar-refractivity contribution in [2.24, 2.45) is 0 Å². The summed E-state index contributed by atoms with van der Waals surface area (Å²) in [7, 11) is 5.67. The van der Waals surface area contributed by atoms with E-state index in [9.17, 15) is 4.79 Å². The Balaban J connectivity index is 0.00000392. The van der Waals surface area contributed by atoms with Crippen LogP contribution in [0.2, 0.25) is 5.02 Å². The average Bonchev–Trinajstić information content (AvgIpc) is 2.65. The Morgan fingerprint density at radius 3 is 2.50 bits per heavy atom. The van der Waals surface area contributed by atoms with Crippen LogP contribution in [0.1, 0.15) is 16.8 Å². The molecule has 28 heavy (non-hydrogen) atoms. The molecule has 154 valence electrons. The predicted molar refractivity (Wildman–Crippen MR) is 120 cm³/mol. The zero-order valence-electron chi connectivity index (χ0n) is 16.1. The van der Waals surface area contributed by atoms with Gasteiger partial charge in [-0.05, 0) is 59.0 Å². The first kappa shape index (κ1) is 25.4. The number of thioether (sulfide) groups is 1. The molecule has 0 heterocycles. The second-order valence-corrected chi connectivity index (χ2v) is 9.04. The van der Waals surface area contributed by atoms with Crippen LogP contribution in [-0.4, -0.2) is 45.9 Å². The van der Waals surface area contributed by atoms with Gasteiger partial charge in [-0.2, -0.15) is 0 Å². The molecule has 4 nitrogen and oxygen atoms in total. The van der Waals surface area contributed by atoms with Crippen molar-refractivity contribution in [3.05, 3.63) is 50.6 Å². The van der Waals surface area contributed by atoms with Crippen molar-refractivity contribution in [2.45, 2.75) is 11.3 Å². The zero-order chi connectivity index (χ0) is 19.8. The van der Waals surface area contributed by atoms with Gasteiger partial charge in [0.15, 0.2) is 17.3 Å². The topological polar surface area (TPSA) is 40.0 Å². The molecule has 0 saturated carbocycles. The largest absolute Gasteiger partial charge is 1.00 e. The Labute approximate surface area is 195 Å². The van der Waals surface area contributed by atoms with Gasteiger partial charge < -0.3 is 26.8 Å². The molecule has 0 aliphatic carbocycles. The molecule has 2 aromatic carbocycles. The fourth-order valence-corrected chi connectivity index (χ4v) is 3.98. The van der Waals surface area contributed by atoms with Crippen molar-refractivity contribution in [2.75, 3.05) is 40.1 Å². The summed E-state index contributed by atoms with van der Waals surface area (Å²) < 4.78 is 12.3. The third-order valence-corrected chi connectivity index (χ3v) is 5.85. The summed E-state index contributed by atoms with van der Waals surface area (Å²) in [4.78, 5) is 14.8. The number of methoxy groups -OCH3 is 1. The molecular weight excluding hydrogens is 532 g/mol. The molecule has 0 aliphatic rings. The molecule has 0 bridgehead atoms. The van der Waals surface area contributed by atoms with Gasteiger partial charge in [0, 0.05) is 21.2 Å². The number of nitrogens with one attached hydrogen (secondary N) is 1. The molecule has 0 saturated heterocycles. The van der Waals surface area contributed by atoms with Crippen molar-refractivity contribution in [3.63, 3.8) is 0 Å². The number of quaternary nitrogens is 1. The Kier molecular flexibility index (Phi) is 11.6. The number of carbonyl (C=O) groups excluding carboxylic acids is 1. The fourth-order valence-electron chi connectivity index (χ4n) is 2.36. The number of benzene rings is 2. The maximum Gasteiger partial charge on any atom is 0.174 e. The number of ketones is 1. The summed E-state index contributed by atoms with van der Waals surface area (Å²) in [6.07, 6.45) is 0.513. The van der Waals surface area contributed by atoms with Gasteiger partial charge in [-0.25, -0.2) is 0 Å². The van der Waals surface area contributed by atoms with Gasteiger partial charge >= 0.3 is 0 Å². The normalized spacial score (nSPS) is 10.5. The van der Waals surface area contributed by atoms with E-state index < -0.39 is 0 Å². The molecule has 0 aliphatic heterocycles. The van der Waals surface area contributed by atoms with Gasteiger partial charge in [0.05, 0.1) is 44.3 Å². The lowest BCUT2D eigenvalue weighted by Gasteiger charge is -2.14. The minimum atomic E-state index is 0. The van der Waals surface area contributed by atoms with Crippen LogP contribution in [0.25, 0.3) is 0 Å². The summed E-state index contributed by atoms with van der Waals surface area (Å²) in [6, 6.07) is 11.4. The molecule has 0 spiro atoms. The summed E-state index contributed by atoms with van der Waals surface area (Å²) in [5.74, 6) is 2.20. The predicted octanol–water partition coefficient (Wildman–Crippen LogP) is 0.846. The number of rotatable bonds is 10. The van der Waals surface area contributed by atoms with E-state index in [1.54, 1.807) is 24.9 Å². The van der Waals surface area contributed by atoms with E-state index in [4.69, 9.17) is 21.1 Å². The van der Waals surface area contributed by atoms with Gasteiger partial charge in [0.1, 0.15) is 0 Å². The summed E-state index contributed by atoms with van der Waals surface area (Å²) in [6.45, 7) is 1.34. The highest BCUT2D eigenvalue weighted by atomic mass is 127. The zero-order valence-corrected chi connectivity index (χ0v) is 20.5. The highest BCUT2D eigenvalue weighted by molar-refractivity contribution is 14.1. The van der Waals surface area contributed by atoms with E-state index in [1.165, 1.54) is 4.90 Å². The molecule has 0 aromatic heterocycles. The van der Waals surface area contributed by atoms with Crippen LogP contribution in [0, 0.1) is 3.57 Å². The van der Waals surface area contributed by atoms with Gasteiger partial charge in [-0.15, -0.1) is 11.8 Å². The molecule has 0 unspecified atom stereocenters. The minimum absolute atomic E-state index is 0. The van der Waals surface area contributed by atoms with Crippen LogP contribution in [0.4, 0.5) is 0 Å². The summed E-state index contributed by atoms with van der Waals surface area (Å²) in [5, 5.41) is 0.733. The number of hydrogen-bond acceptors (Lipinski definition) is 4. The molecule has 1 N–H and O–H groups in total. The summed E-state index contributed by atoms with van der Waals surface area (Å²) >= 11 is 9.79. The second-order valence-electron chi connectivity index (χ2n) is 6.27. The molecule has 2 aromatic rings. The lowest BCUT2D eigenvalue weighted by Crippen LogP contribution is -3.05. The number of ether oxygens (including phenoxy) is 2. The molecular formula is C20H24Cl2INO3S. The first-order valence-corrected chi connectivity index (χ1v) is 11.1. The molecule has 2 rings (SSSR count). The van der Waals surface area contributed by atoms with E-state index >= 15 is 0 Å². The Hall–Kier alpha value is -0.670. The van der Waals surface area contributed by atoms with E-state index in [0.29, 0.717) is 30.1 Å². The van der Waals surface area contributed by atoms with Crippen molar-refractivity contribution in [1.29, 1.82) is 0 Å². The number of hydrogen-bond donors (Lipinski definition) is 1. The van der Waals surface area contributed by atoms with E-state index in [2.05, 4.69) is 22.6 Å². The molecule has 0 atom stereocenters. The van der Waals surface area contributed by atoms with Crippen molar-refractivity contribution >= 4 is 51.7 Å². The highest BCUT2D eigenvalue weighted by Gasteiger charge is 2.16. The smallest absolute Gasteiger partial charge is 0.174 e. The molecule has 0 fully saturated rings. The van der Waals surface area contributed by atoms with Crippen LogP contribution < -0.4 is 26.8 Å². The standard InChI is InChI=1S/C20H23ClINO3S.ClH/c1-23(2)9-8-18(24)14-12-17(22)20(19(13-14)25-3)26-10-11-27-16-6-4-15(21)5-7-16;/h4-7,12-13H,8-11H2,1-3H3;1H. The van der Waals surface area contributed by atoms with Crippen molar-refractivity contribution < 1.29 is 31.6 Å². The van der Waals surface area contributed by atoms with Crippen LogP contribution in [0.5, 0.6) is 11.5 Å². The quantitative estimate of drug-likeness (QED) is 0.204. The van der Waals surface area contributed by atoms with Crippen LogP contribution >= 0.6 is 46.0 Å². The van der Waals surface area contributed by atoms with Crippen LogP contribution in [0.15, 0.2) is 41.3 Å². The van der Waals surface area contributed by atoms with Crippen LogP contribution in [0.3, 0.4) is 0 Å². The number of carbonyl (C=O) groups is 1. The van der Waals surface area contributed by atoms with Gasteiger partial charge in [0.25, 0.3) is 0 Å². The first-order valence-electron chi connectivity index (χ1n) is 8.61. The van der Waals surface area contributed by atoms with Gasteiger partial charge in [-0.1, -0.05) is 11.6 Å². The molecule has 8 heteroatoms. The van der Waals surface area contributed by atoms with Crippen LogP contribution in [-0.2, 0) is 0 Å². The monoisotopic (exact) mass is 555 g/mol. The van der Waals surface area contributed by atoms with Gasteiger partial charge in [0.2, 0.25) is 0 Å². The van der Waals surface area contributed by atoms with E-state index in [-0.39, 0.29) is 18.2 Å². The van der Waals surface area contributed by atoms with Crippen molar-refractivity contribution in [3.8, 4) is 11.5 Å². The third-order valence-electron chi connectivity index (χ3n) is 3.82. The molecule has 0 radical (unpaired) electrons. The SMILES string of the molecule is COc1cc(C(=O)CC[NH+](C)C)cc(I)c1OCCSc1ccc(Cl)cc1.[Cl-]. The highest BCUT2D eigenvalue weighted by Crippen LogP contribution is 2.34. The fraction of sp³-hybridized carbons (Fsp3) is 0.350. The lowest BCUT2D eigenvalue weighted by molar-refractivity contribution is -0.857. The van der Waals surface area contributed by atoms with E-state index in [0.717, 1.165) is 25.8 Å². The molecule has 0 amide bonds.